The predicted octanol–water partition coefficient (Wildman–Crippen LogP) is 5.20. The van der Waals surface area contributed by atoms with Gasteiger partial charge >= 0.3 is 11.9 Å². The number of esters is 1. The average molecular weight is 489 g/mol. The number of hydrogen-bond donors (Lipinski definition) is 1. The number of carbonyl (C=O) groups is 2. The Morgan fingerprint density at radius 3 is 2.45 bits per heavy atom. The highest BCUT2D eigenvalue weighted by atomic mass is 35.5. The van der Waals surface area contributed by atoms with E-state index in [1.807, 2.05) is 42.3 Å². The molecule has 2 unspecified atom stereocenters. The summed E-state index contributed by atoms with van der Waals surface area (Å²) in [4.78, 5) is 31.7. The number of nitrogens with zero attached hydrogens (tertiary/aromatic N) is 2. The first-order valence-corrected chi connectivity index (χ1v) is 11.3. The molecular formula is C25H26Cl2N2O4. The Hall–Kier alpha value is -2.67. The third kappa shape index (κ3) is 5.82. The van der Waals surface area contributed by atoms with Crippen LogP contribution in [0.25, 0.3) is 0 Å². The molecule has 174 valence electrons. The quantitative estimate of drug-likeness (QED) is 0.516. The second-order valence-electron chi connectivity index (χ2n) is 8.05. The van der Waals surface area contributed by atoms with Crippen LogP contribution in [0.3, 0.4) is 0 Å². The highest BCUT2D eigenvalue weighted by Gasteiger charge is 2.42. The lowest BCUT2D eigenvalue weighted by atomic mass is 9.75. The van der Waals surface area contributed by atoms with E-state index in [2.05, 4.69) is 4.99 Å². The number of carboxylic acids is 1. The monoisotopic (exact) mass is 488 g/mol. The zero-order chi connectivity index (χ0) is 24.1. The molecule has 2 aromatic rings. The van der Waals surface area contributed by atoms with Crippen LogP contribution in [0.5, 0.6) is 0 Å². The van der Waals surface area contributed by atoms with E-state index in [9.17, 15) is 14.7 Å². The van der Waals surface area contributed by atoms with Crippen molar-refractivity contribution in [1.29, 1.82) is 0 Å². The van der Waals surface area contributed by atoms with Gasteiger partial charge in [0, 0.05) is 30.4 Å². The van der Waals surface area contributed by atoms with Crippen molar-refractivity contribution in [3.8, 4) is 0 Å². The molecule has 1 aliphatic heterocycles. The van der Waals surface area contributed by atoms with Crippen molar-refractivity contribution in [2.24, 2.45) is 10.9 Å². The molecule has 0 bridgehead atoms. The number of carboxylic acid groups (broad SMARTS) is 1. The largest absolute Gasteiger partial charge is 0.481 e. The third-order valence-electron chi connectivity index (χ3n) is 5.63. The molecule has 6 nitrogen and oxygen atoms in total. The summed E-state index contributed by atoms with van der Waals surface area (Å²) >= 11 is 12.6. The van der Waals surface area contributed by atoms with E-state index in [1.54, 1.807) is 32.0 Å². The highest BCUT2D eigenvalue weighted by molar-refractivity contribution is 6.42. The van der Waals surface area contributed by atoms with Crippen molar-refractivity contribution < 1.29 is 19.4 Å². The number of likely N-dealkylation sites (N-methyl/N-ethyl adjacent to an activating group) is 1. The standard InChI is InChI=1S/C25H26Cl2N2O4/c1-15-20(24(30)31)22(18-10-7-11-19(26)23(18)27)21(16(2)28-15)25(32)33-13-12-29(3)14-17-8-5-4-6-9-17/h4-11,20,22H,12-14H2,1-3H3,(H,30,31). The fraction of sp³-hybridized carbons (Fsp3) is 0.320. The van der Waals surface area contributed by atoms with Crippen molar-refractivity contribution in [2.45, 2.75) is 26.3 Å². The van der Waals surface area contributed by atoms with Crippen LogP contribution in [0.4, 0.5) is 0 Å². The SMILES string of the molecule is CC1=NC(C)=C(C(=O)OCCN(C)Cc2ccccc2)C(c2cccc(Cl)c2Cl)C1C(=O)O. The van der Waals surface area contributed by atoms with Crippen LogP contribution in [-0.4, -0.2) is 47.9 Å². The molecule has 2 atom stereocenters. The van der Waals surface area contributed by atoms with Crippen LogP contribution in [-0.2, 0) is 20.9 Å². The van der Waals surface area contributed by atoms with E-state index >= 15 is 0 Å². The number of aliphatic imine (C=N–C) groups is 1. The number of aliphatic carboxylic acids is 1. The summed E-state index contributed by atoms with van der Waals surface area (Å²) in [5, 5.41) is 10.4. The van der Waals surface area contributed by atoms with Crippen molar-refractivity contribution in [2.75, 3.05) is 20.2 Å². The minimum Gasteiger partial charge on any atom is -0.481 e. The van der Waals surface area contributed by atoms with Crippen LogP contribution >= 0.6 is 23.2 Å². The Balaban J connectivity index is 1.81. The summed E-state index contributed by atoms with van der Waals surface area (Å²) < 4.78 is 5.57. The number of allylic oxidation sites excluding steroid dienone is 1. The van der Waals surface area contributed by atoms with E-state index in [1.165, 1.54) is 0 Å². The normalized spacial score (nSPS) is 18.3. The Morgan fingerprint density at radius 1 is 1.09 bits per heavy atom. The fourth-order valence-corrected chi connectivity index (χ4v) is 4.49. The van der Waals surface area contributed by atoms with Gasteiger partial charge in [-0.05, 0) is 38.1 Å². The number of halogens is 2. The zero-order valence-electron chi connectivity index (χ0n) is 18.7. The first-order chi connectivity index (χ1) is 15.7. The smallest absolute Gasteiger partial charge is 0.336 e. The third-order valence-corrected chi connectivity index (χ3v) is 6.47. The van der Waals surface area contributed by atoms with E-state index in [0.717, 1.165) is 5.56 Å². The summed E-state index contributed by atoms with van der Waals surface area (Å²) in [6, 6.07) is 15.0. The minimum atomic E-state index is -1.10. The lowest BCUT2D eigenvalue weighted by Crippen LogP contribution is -2.36. The van der Waals surface area contributed by atoms with Gasteiger partial charge in [-0.15, -0.1) is 0 Å². The average Bonchev–Trinajstić information content (AvgIpc) is 2.75. The van der Waals surface area contributed by atoms with Crippen molar-refractivity contribution in [3.63, 3.8) is 0 Å². The molecule has 0 aliphatic carbocycles. The second kappa shape index (κ2) is 11.0. The molecule has 0 radical (unpaired) electrons. The van der Waals surface area contributed by atoms with Crippen LogP contribution in [0.1, 0.15) is 30.9 Å². The van der Waals surface area contributed by atoms with Gasteiger partial charge in [-0.1, -0.05) is 65.7 Å². The zero-order valence-corrected chi connectivity index (χ0v) is 20.2. The maximum Gasteiger partial charge on any atom is 0.336 e. The lowest BCUT2D eigenvalue weighted by molar-refractivity contribution is -0.141. The van der Waals surface area contributed by atoms with Crippen LogP contribution in [0, 0.1) is 5.92 Å². The van der Waals surface area contributed by atoms with Gasteiger partial charge in [0.25, 0.3) is 0 Å². The molecule has 0 aromatic heterocycles. The molecule has 0 saturated heterocycles. The van der Waals surface area contributed by atoms with Crippen molar-refractivity contribution in [1.82, 2.24) is 4.90 Å². The summed E-state index contributed by atoms with van der Waals surface area (Å²) in [6.45, 7) is 4.68. The lowest BCUT2D eigenvalue weighted by Gasteiger charge is -2.31. The number of ether oxygens (including phenoxy) is 1. The van der Waals surface area contributed by atoms with Gasteiger partial charge in [0.1, 0.15) is 12.5 Å². The van der Waals surface area contributed by atoms with Gasteiger partial charge in [-0.25, -0.2) is 4.79 Å². The van der Waals surface area contributed by atoms with Crippen LogP contribution in [0.15, 0.2) is 64.8 Å². The minimum absolute atomic E-state index is 0.148. The van der Waals surface area contributed by atoms with Gasteiger partial charge < -0.3 is 9.84 Å². The summed E-state index contributed by atoms with van der Waals surface area (Å²) in [7, 11) is 1.94. The molecule has 1 N–H and O–H groups in total. The molecule has 0 spiro atoms. The molecule has 8 heteroatoms. The first-order valence-electron chi connectivity index (χ1n) is 10.5. The molecule has 1 aliphatic rings. The Kier molecular flexibility index (Phi) is 8.30. The number of carbonyl (C=O) groups excluding carboxylic acids is 1. The van der Waals surface area contributed by atoms with Crippen molar-refractivity contribution in [3.05, 3.63) is 81.0 Å². The van der Waals surface area contributed by atoms with Gasteiger partial charge in [0.05, 0.1) is 15.6 Å². The molecule has 33 heavy (non-hydrogen) atoms. The van der Waals surface area contributed by atoms with Crippen LogP contribution < -0.4 is 0 Å². The number of rotatable bonds is 8. The van der Waals surface area contributed by atoms with Crippen LogP contribution in [0.2, 0.25) is 10.0 Å². The predicted molar refractivity (Wildman–Crippen MR) is 130 cm³/mol. The Morgan fingerprint density at radius 2 is 1.79 bits per heavy atom. The van der Waals surface area contributed by atoms with E-state index in [-0.39, 0.29) is 22.2 Å². The molecule has 1 heterocycles. The molecule has 0 saturated carbocycles. The topological polar surface area (TPSA) is 79.2 Å². The Labute approximate surface area is 203 Å². The summed E-state index contributed by atoms with van der Waals surface area (Å²) in [6.07, 6.45) is 0. The Bertz CT molecular complexity index is 1100. The van der Waals surface area contributed by atoms with Crippen molar-refractivity contribution >= 4 is 40.9 Å². The van der Waals surface area contributed by atoms with Gasteiger partial charge in [-0.3, -0.25) is 14.7 Å². The van der Waals surface area contributed by atoms with E-state index < -0.39 is 23.8 Å². The molecule has 2 aromatic carbocycles. The summed E-state index contributed by atoms with van der Waals surface area (Å²) in [5.41, 5.74) is 2.59. The fourth-order valence-electron chi connectivity index (χ4n) is 4.06. The van der Waals surface area contributed by atoms with Gasteiger partial charge in [-0.2, -0.15) is 0 Å². The van der Waals surface area contributed by atoms with Gasteiger partial charge in [0.15, 0.2) is 0 Å². The van der Waals surface area contributed by atoms with Gasteiger partial charge in [0.2, 0.25) is 0 Å². The highest BCUT2D eigenvalue weighted by Crippen LogP contribution is 2.43. The maximum absolute atomic E-state index is 13.2. The molecule has 0 amide bonds. The molecular weight excluding hydrogens is 463 g/mol. The number of hydrogen-bond acceptors (Lipinski definition) is 5. The first kappa shape index (κ1) is 25.0. The summed E-state index contributed by atoms with van der Waals surface area (Å²) in [5.74, 6) is -3.63. The second-order valence-corrected chi connectivity index (χ2v) is 8.83. The molecule has 0 fully saturated rings. The van der Waals surface area contributed by atoms with E-state index in [0.29, 0.717) is 30.1 Å². The molecule has 3 rings (SSSR count). The van der Waals surface area contributed by atoms with E-state index in [4.69, 9.17) is 27.9 Å². The maximum atomic E-state index is 13.2. The number of benzene rings is 2.